The van der Waals surface area contributed by atoms with Gasteiger partial charge < -0.3 is 0 Å². The highest BCUT2D eigenvalue weighted by atomic mass is 127. The molecule has 0 radical (unpaired) electrons. The fourth-order valence-electron chi connectivity index (χ4n) is 1.29. The number of ketones is 1. The number of hydrogen-bond donors (Lipinski definition) is 0. The number of hydrogen-bond acceptors (Lipinski definition) is 2. The van der Waals surface area contributed by atoms with Crippen LogP contribution in [-0.4, -0.2) is 15.6 Å². The first kappa shape index (κ1) is 10.4. The Morgan fingerprint density at radius 2 is 2.00 bits per heavy atom. The average molecular weight is 312 g/mol. The van der Waals surface area contributed by atoms with Crippen molar-refractivity contribution < 1.29 is 4.79 Å². The van der Waals surface area contributed by atoms with Crippen LogP contribution in [0.2, 0.25) is 0 Å². The van der Waals surface area contributed by atoms with E-state index >= 15 is 0 Å². The van der Waals surface area contributed by atoms with E-state index in [1.807, 2.05) is 30.5 Å². The largest absolute Gasteiger partial charge is 0.295 e. The summed E-state index contributed by atoms with van der Waals surface area (Å²) in [6.07, 6.45) is 3.72. The molecule has 0 aliphatic heterocycles. The summed E-state index contributed by atoms with van der Waals surface area (Å²) in [7, 11) is 0. The van der Waals surface area contributed by atoms with Gasteiger partial charge in [0, 0.05) is 11.8 Å². The first-order chi connectivity index (χ1) is 7.16. The van der Waals surface area contributed by atoms with Gasteiger partial charge in [-0.25, -0.2) is 4.68 Å². The lowest BCUT2D eigenvalue weighted by atomic mass is 10.1. The number of halogens is 1. The van der Waals surface area contributed by atoms with Crippen LogP contribution >= 0.6 is 22.6 Å². The predicted octanol–water partition coefficient (Wildman–Crippen LogP) is 2.68. The number of aromatic nitrogens is 2. The van der Waals surface area contributed by atoms with Crippen LogP contribution in [0.3, 0.4) is 0 Å². The summed E-state index contributed by atoms with van der Waals surface area (Å²) in [5.41, 5.74) is 1.68. The summed E-state index contributed by atoms with van der Waals surface area (Å²) < 4.78 is 2.87. The molecule has 1 heterocycles. The third-order valence-electron chi connectivity index (χ3n) is 2.09. The quantitative estimate of drug-likeness (QED) is 0.631. The topological polar surface area (TPSA) is 34.9 Å². The number of nitrogens with zero attached hydrogens (tertiary/aromatic N) is 2. The molecule has 0 amide bonds. The van der Waals surface area contributed by atoms with Crippen LogP contribution in [0.5, 0.6) is 0 Å². The van der Waals surface area contributed by atoms with E-state index in [0.29, 0.717) is 0 Å². The van der Waals surface area contributed by atoms with Crippen LogP contribution in [0.15, 0.2) is 36.7 Å². The minimum Gasteiger partial charge on any atom is -0.295 e. The van der Waals surface area contributed by atoms with Crippen LogP contribution in [0.4, 0.5) is 0 Å². The number of carbonyl (C=O) groups excluding carboxylic acids is 1. The fourth-order valence-corrected chi connectivity index (χ4v) is 1.68. The molecule has 0 spiro atoms. The van der Waals surface area contributed by atoms with Crippen molar-refractivity contribution in [1.82, 2.24) is 9.78 Å². The van der Waals surface area contributed by atoms with E-state index in [1.165, 1.54) is 0 Å². The third kappa shape index (κ3) is 2.26. The first-order valence-corrected chi connectivity index (χ1v) is 5.56. The van der Waals surface area contributed by atoms with Gasteiger partial charge in [0.05, 0.1) is 15.5 Å². The Balaban J connectivity index is 2.35. The van der Waals surface area contributed by atoms with Crippen molar-refractivity contribution in [2.45, 2.75) is 6.92 Å². The number of Topliss-reactive ketones (excluding diaryl/α,β-unsaturated/α-hetero) is 1. The van der Waals surface area contributed by atoms with Crippen molar-refractivity contribution in [2.24, 2.45) is 0 Å². The second kappa shape index (κ2) is 4.14. The highest BCUT2D eigenvalue weighted by Gasteiger charge is 2.01. The molecule has 0 bridgehead atoms. The summed E-state index contributed by atoms with van der Waals surface area (Å²) in [5.74, 6) is 0.0802. The van der Waals surface area contributed by atoms with Crippen LogP contribution in [0.1, 0.15) is 17.3 Å². The van der Waals surface area contributed by atoms with Gasteiger partial charge in [-0.15, -0.1) is 0 Å². The van der Waals surface area contributed by atoms with E-state index < -0.39 is 0 Å². The summed E-state index contributed by atoms with van der Waals surface area (Å²) in [6.45, 7) is 1.56. The van der Waals surface area contributed by atoms with Crippen LogP contribution in [-0.2, 0) is 0 Å². The Bertz CT molecular complexity index is 488. The standard InChI is InChI=1S/C11H9IN2O/c1-8(15)9-2-4-11(5-3-9)14-7-10(12)6-13-14/h2-7H,1H3. The number of rotatable bonds is 2. The summed E-state index contributed by atoms with van der Waals surface area (Å²) >= 11 is 2.21. The third-order valence-corrected chi connectivity index (χ3v) is 2.65. The van der Waals surface area contributed by atoms with E-state index in [4.69, 9.17) is 0 Å². The second-order valence-electron chi connectivity index (χ2n) is 3.21. The maximum absolute atomic E-state index is 11.1. The van der Waals surface area contributed by atoms with Crippen molar-refractivity contribution in [3.63, 3.8) is 0 Å². The molecule has 0 aliphatic rings. The van der Waals surface area contributed by atoms with E-state index in [1.54, 1.807) is 17.8 Å². The van der Waals surface area contributed by atoms with E-state index in [9.17, 15) is 4.79 Å². The molecule has 0 fully saturated rings. The Kier molecular flexibility index (Phi) is 2.86. The molecule has 15 heavy (non-hydrogen) atoms. The van der Waals surface area contributed by atoms with Crippen molar-refractivity contribution >= 4 is 28.4 Å². The maximum Gasteiger partial charge on any atom is 0.159 e. The molecule has 1 aromatic heterocycles. The van der Waals surface area contributed by atoms with Gasteiger partial charge in [0.25, 0.3) is 0 Å². The zero-order chi connectivity index (χ0) is 10.8. The second-order valence-corrected chi connectivity index (χ2v) is 4.45. The fraction of sp³-hybridized carbons (Fsp3) is 0.0909. The lowest BCUT2D eigenvalue weighted by Gasteiger charge is -2.01. The van der Waals surface area contributed by atoms with Gasteiger partial charge in [-0.05, 0) is 53.8 Å². The highest BCUT2D eigenvalue weighted by molar-refractivity contribution is 14.1. The molecule has 4 heteroatoms. The SMILES string of the molecule is CC(=O)c1ccc(-n2cc(I)cn2)cc1. The molecular weight excluding hydrogens is 303 g/mol. The average Bonchev–Trinajstić information content (AvgIpc) is 2.65. The van der Waals surface area contributed by atoms with Crippen molar-refractivity contribution in [3.8, 4) is 5.69 Å². The predicted molar refractivity (Wildman–Crippen MR) is 66.3 cm³/mol. The molecule has 3 nitrogen and oxygen atoms in total. The van der Waals surface area contributed by atoms with E-state index in [2.05, 4.69) is 27.7 Å². The van der Waals surface area contributed by atoms with Gasteiger partial charge in [0.15, 0.2) is 5.78 Å². The summed E-state index contributed by atoms with van der Waals surface area (Å²) in [6, 6.07) is 7.40. The zero-order valence-corrected chi connectivity index (χ0v) is 10.3. The van der Waals surface area contributed by atoms with Crippen LogP contribution in [0.25, 0.3) is 5.69 Å². The van der Waals surface area contributed by atoms with Crippen molar-refractivity contribution in [1.29, 1.82) is 0 Å². The smallest absolute Gasteiger partial charge is 0.159 e. The van der Waals surface area contributed by atoms with Gasteiger partial charge in [-0.3, -0.25) is 4.79 Å². The van der Waals surface area contributed by atoms with Crippen LogP contribution < -0.4 is 0 Å². The maximum atomic E-state index is 11.1. The molecule has 0 unspecified atom stereocenters. The Labute approximate surface area is 101 Å². The Morgan fingerprint density at radius 1 is 1.33 bits per heavy atom. The Hall–Kier alpha value is -1.17. The first-order valence-electron chi connectivity index (χ1n) is 4.48. The van der Waals surface area contributed by atoms with E-state index in [-0.39, 0.29) is 5.78 Å². The molecule has 0 atom stereocenters. The minimum absolute atomic E-state index is 0.0802. The van der Waals surface area contributed by atoms with Gasteiger partial charge >= 0.3 is 0 Å². The molecule has 2 rings (SSSR count). The molecule has 76 valence electrons. The molecule has 0 N–H and O–H groups in total. The molecule has 0 saturated carbocycles. The van der Waals surface area contributed by atoms with Crippen molar-refractivity contribution in [3.05, 3.63) is 45.8 Å². The van der Waals surface area contributed by atoms with Crippen molar-refractivity contribution in [2.75, 3.05) is 0 Å². The monoisotopic (exact) mass is 312 g/mol. The Morgan fingerprint density at radius 3 is 2.47 bits per heavy atom. The molecule has 0 aliphatic carbocycles. The van der Waals surface area contributed by atoms with Gasteiger partial charge in [0.2, 0.25) is 0 Å². The van der Waals surface area contributed by atoms with Gasteiger partial charge in [-0.2, -0.15) is 5.10 Å². The lowest BCUT2D eigenvalue weighted by Crippen LogP contribution is -1.96. The lowest BCUT2D eigenvalue weighted by molar-refractivity contribution is 0.101. The minimum atomic E-state index is 0.0802. The van der Waals surface area contributed by atoms with E-state index in [0.717, 1.165) is 14.8 Å². The number of carbonyl (C=O) groups is 1. The molecular formula is C11H9IN2O. The zero-order valence-electron chi connectivity index (χ0n) is 8.14. The highest BCUT2D eigenvalue weighted by Crippen LogP contribution is 2.11. The van der Waals surface area contributed by atoms with Gasteiger partial charge in [0.1, 0.15) is 0 Å². The molecule has 0 saturated heterocycles. The number of benzene rings is 1. The molecule has 1 aromatic carbocycles. The summed E-state index contributed by atoms with van der Waals surface area (Å²) in [5, 5.41) is 4.18. The normalized spacial score (nSPS) is 10.3. The molecule has 2 aromatic rings. The summed E-state index contributed by atoms with van der Waals surface area (Å²) in [4.78, 5) is 11.1. The van der Waals surface area contributed by atoms with Gasteiger partial charge in [-0.1, -0.05) is 0 Å². The van der Waals surface area contributed by atoms with Crippen LogP contribution in [0, 0.1) is 3.57 Å².